The van der Waals surface area contributed by atoms with Gasteiger partial charge in [0, 0.05) is 10.0 Å². The molecule has 27 heavy (non-hydrogen) atoms. The average molecular weight is 442 g/mol. The molecule has 134 valence electrons. The van der Waals surface area contributed by atoms with Crippen molar-refractivity contribution in [2.75, 3.05) is 5.32 Å². The van der Waals surface area contributed by atoms with Crippen LogP contribution in [0.15, 0.2) is 70.1 Å². The highest BCUT2D eigenvalue weighted by Gasteiger charge is 2.29. The summed E-state index contributed by atoms with van der Waals surface area (Å²) in [4.78, 5) is 16.8. The van der Waals surface area contributed by atoms with Gasteiger partial charge >= 0.3 is 0 Å². The zero-order valence-corrected chi connectivity index (χ0v) is 16.6. The molecule has 0 saturated carbocycles. The van der Waals surface area contributed by atoms with Crippen LogP contribution in [0.4, 0.5) is 11.4 Å². The first-order valence-electron chi connectivity index (χ1n) is 8.24. The van der Waals surface area contributed by atoms with Crippen LogP contribution in [0.2, 0.25) is 5.02 Å². The lowest BCUT2D eigenvalue weighted by molar-refractivity contribution is -0.110. The van der Waals surface area contributed by atoms with Crippen molar-refractivity contribution in [1.82, 2.24) is 0 Å². The van der Waals surface area contributed by atoms with E-state index in [4.69, 9.17) is 16.3 Å². The van der Waals surface area contributed by atoms with Crippen LogP contribution in [0.25, 0.3) is 0 Å². The quantitative estimate of drug-likeness (QED) is 0.520. The molecule has 1 aliphatic rings. The molecule has 3 aromatic carbocycles. The maximum atomic E-state index is 12.3. The Morgan fingerprint density at radius 2 is 1.59 bits per heavy atom. The molecule has 1 heterocycles. The van der Waals surface area contributed by atoms with Gasteiger partial charge in [0.25, 0.3) is 5.91 Å². The molecule has 1 amide bonds. The number of benzene rings is 3. The van der Waals surface area contributed by atoms with E-state index in [2.05, 4.69) is 26.2 Å². The van der Waals surface area contributed by atoms with Crippen LogP contribution in [0, 0.1) is 6.92 Å². The molecule has 0 aliphatic carbocycles. The van der Waals surface area contributed by atoms with Gasteiger partial charge in [-0.25, -0.2) is 4.99 Å². The van der Waals surface area contributed by atoms with Gasteiger partial charge in [-0.3, -0.25) is 4.79 Å². The highest BCUT2D eigenvalue weighted by Crippen LogP contribution is 2.34. The smallest absolute Gasteiger partial charge is 0.275 e. The number of aliphatic imine (C=N–C) groups is 1. The minimum absolute atomic E-state index is 0.253. The first kappa shape index (κ1) is 17.8. The number of fused-ring (bicyclic) bond motifs is 1. The molecule has 0 unspecified atom stereocenters. The van der Waals surface area contributed by atoms with Crippen molar-refractivity contribution in [2.24, 2.45) is 4.99 Å². The standard InChI is InChI=1S/C21H14BrClN2O2/c1-12-2-11-17(23)18-19(12)25-21(26)20(18)24-14-5-9-16(10-6-14)27-15-7-3-13(22)4-8-15/h2-11H,1H3,(H,24,25,26). The van der Waals surface area contributed by atoms with Gasteiger partial charge in [0.15, 0.2) is 0 Å². The minimum Gasteiger partial charge on any atom is -0.457 e. The van der Waals surface area contributed by atoms with E-state index in [1.165, 1.54) is 0 Å². The topological polar surface area (TPSA) is 50.7 Å². The highest BCUT2D eigenvalue weighted by atomic mass is 79.9. The zero-order valence-electron chi connectivity index (χ0n) is 14.3. The highest BCUT2D eigenvalue weighted by molar-refractivity contribution is 9.10. The van der Waals surface area contributed by atoms with Crippen molar-refractivity contribution in [3.8, 4) is 11.5 Å². The molecule has 0 aromatic heterocycles. The fourth-order valence-corrected chi connectivity index (χ4v) is 3.33. The second-order valence-electron chi connectivity index (χ2n) is 6.08. The summed E-state index contributed by atoms with van der Waals surface area (Å²) in [6.45, 7) is 1.92. The summed E-state index contributed by atoms with van der Waals surface area (Å²) < 4.78 is 6.79. The number of amides is 1. The zero-order chi connectivity index (χ0) is 19.0. The number of carbonyl (C=O) groups excluding carboxylic acids is 1. The van der Waals surface area contributed by atoms with E-state index in [1.807, 2.05) is 49.4 Å². The van der Waals surface area contributed by atoms with Crippen molar-refractivity contribution >= 4 is 50.5 Å². The lowest BCUT2D eigenvalue weighted by atomic mass is 10.1. The summed E-state index contributed by atoms with van der Waals surface area (Å²) in [5.74, 6) is 1.17. The Balaban J connectivity index is 1.61. The van der Waals surface area contributed by atoms with Crippen LogP contribution < -0.4 is 10.1 Å². The molecule has 0 saturated heterocycles. The van der Waals surface area contributed by atoms with Crippen molar-refractivity contribution in [3.05, 3.63) is 81.3 Å². The second kappa shape index (κ2) is 7.18. The summed E-state index contributed by atoms with van der Waals surface area (Å²) in [6.07, 6.45) is 0. The van der Waals surface area contributed by atoms with Gasteiger partial charge in [0.05, 0.1) is 16.4 Å². The van der Waals surface area contributed by atoms with E-state index in [0.29, 0.717) is 27.7 Å². The van der Waals surface area contributed by atoms with Gasteiger partial charge in [-0.2, -0.15) is 0 Å². The number of aryl methyl sites for hydroxylation is 1. The number of hydrogen-bond acceptors (Lipinski definition) is 3. The molecule has 3 aromatic rings. The van der Waals surface area contributed by atoms with E-state index in [1.54, 1.807) is 18.2 Å². The van der Waals surface area contributed by atoms with E-state index >= 15 is 0 Å². The van der Waals surface area contributed by atoms with Gasteiger partial charge in [0.1, 0.15) is 17.2 Å². The molecular formula is C21H14BrClN2O2. The van der Waals surface area contributed by atoms with Crippen molar-refractivity contribution in [2.45, 2.75) is 6.92 Å². The van der Waals surface area contributed by atoms with Crippen LogP contribution in [0.5, 0.6) is 11.5 Å². The van der Waals surface area contributed by atoms with E-state index in [-0.39, 0.29) is 5.91 Å². The summed E-state index contributed by atoms with van der Waals surface area (Å²) in [5, 5.41) is 3.35. The summed E-state index contributed by atoms with van der Waals surface area (Å²) in [5.41, 5.74) is 3.29. The summed E-state index contributed by atoms with van der Waals surface area (Å²) in [6, 6.07) is 18.5. The van der Waals surface area contributed by atoms with Crippen LogP contribution in [0.1, 0.15) is 11.1 Å². The van der Waals surface area contributed by atoms with Crippen LogP contribution in [-0.4, -0.2) is 11.6 Å². The van der Waals surface area contributed by atoms with E-state index in [9.17, 15) is 4.79 Å². The molecule has 0 atom stereocenters. The summed E-state index contributed by atoms with van der Waals surface area (Å²) in [7, 11) is 0. The third kappa shape index (κ3) is 3.61. The second-order valence-corrected chi connectivity index (χ2v) is 7.40. The molecule has 0 bridgehead atoms. The fourth-order valence-electron chi connectivity index (χ4n) is 2.82. The minimum atomic E-state index is -0.253. The predicted octanol–water partition coefficient (Wildman–Crippen LogP) is 6.28. The van der Waals surface area contributed by atoms with Gasteiger partial charge in [-0.05, 0) is 67.1 Å². The third-order valence-corrected chi connectivity index (χ3v) is 5.02. The lowest BCUT2D eigenvalue weighted by Crippen LogP contribution is -2.14. The van der Waals surface area contributed by atoms with Crippen LogP contribution >= 0.6 is 27.5 Å². The Morgan fingerprint density at radius 3 is 2.26 bits per heavy atom. The third-order valence-electron chi connectivity index (χ3n) is 4.18. The average Bonchev–Trinajstić information content (AvgIpc) is 2.99. The number of nitrogens with zero attached hydrogens (tertiary/aromatic N) is 1. The molecule has 4 rings (SSSR count). The number of anilines is 1. The van der Waals surface area contributed by atoms with Crippen LogP contribution in [0.3, 0.4) is 0 Å². The Morgan fingerprint density at radius 1 is 0.963 bits per heavy atom. The first-order chi connectivity index (χ1) is 13.0. The number of halogens is 2. The number of carbonyl (C=O) groups is 1. The normalized spacial score (nSPS) is 14.2. The number of rotatable bonds is 3. The van der Waals surface area contributed by atoms with Gasteiger partial charge < -0.3 is 10.1 Å². The monoisotopic (exact) mass is 440 g/mol. The maximum Gasteiger partial charge on any atom is 0.275 e. The Kier molecular flexibility index (Phi) is 4.72. The number of hydrogen-bond donors (Lipinski definition) is 1. The molecule has 1 N–H and O–H groups in total. The molecule has 0 spiro atoms. The van der Waals surface area contributed by atoms with Gasteiger partial charge in [0.2, 0.25) is 0 Å². The lowest BCUT2D eigenvalue weighted by Gasteiger charge is -2.06. The number of nitrogens with one attached hydrogen (secondary N) is 1. The Labute approximate surface area is 170 Å². The summed E-state index contributed by atoms with van der Waals surface area (Å²) >= 11 is 9.69. The van der Waals surface area contributed by atoms with E-state index < -0.39 is 0 Å². The molecule has 0 radical (unpaired) electrons. The molecule has 1 aliphatic heterocycles. The largest absolute Gasteiger partial charge is 0.457 e. The Bertz CT molecular complexity index is 1060. The van der Waals surface area contributed by atoms with Crippen molar-refractivity contribution in [1.29, 1.82) is 0 Å². The van der Waals surface area contributed by atoms with E-state index in [0.717, 1.165) is 21.5 Å². The molecule has 0 fully saturated rings. The van der Waals surface area contributed by atoms with Crippen molar-refractivity contribution in [3.63, 3.8) is 0 Å². The Hall–Kier alpha value is -2.63. The first-order valence-corrected chi connectivity index (χ1v) is 9.41. The SMILES string of the molecule is Cc1ccc(Cl)c2c1NC(=O)C2=Nc1ccc(Oc2ccc(Br)cc2)cc1. The molecular weight excluding hydrogens is 428 g/mol. The van der Waals surface area contributed by atoms with Crippen LogP contribution in [-0.2, 0) is 4.79 Å². The fraction of sp³-hybridized carbons (Fsp3) is 0.0476. The number of ether oxygens (including phenoxy) is 1. The molecule has 6 heteroatoms. The van der Waals surface area contributed by atoms with Gasteiger partial charge in [-0.15, -0.1) is 0 Å². The molecule has 4 nitrogen and oxygen atoms in total. The maximum absolute atomic E-state index is 12.3. The van der Waals surface area contributed by atoms with Gasteiger partial charge in [-0.1, -0.05) is 33.6 Å². The van der Waals surface area contributed by atoms with Crippen molar-refractivity contribution < 1.29 is 9.53 Å². The predicted molar refractivity (Wildman–Crippen MR) is 112 cm³/mol.